The average molecular weight is 240 g/mol. The van der Waals surface area contributed by atoms with Crippen LogP contribution in [0.1, 0.15) is 18.1 Å². The molecule has 0 bridgehead atoms. The summed E-state index contributed by atoms with van der Waals surface area (Å²) in [5, 5.41) is 3.19. The molecule has 1 aromatic rings. The van der Waals surface area contributed by atoms with Gasteiger partial charge in [-0.05, 0) is 30.2 Å². The van der Waals surface area contributed by atoms with Crippen LogP contribution >= 0.6 is 11.6 Å². The molecule has 0 saturated carbocycles. The number of allylic oxidation sites excluding steroid dienone is 1. The quantitative estimate of drug-likeness (QED) is 0.880. The Morgan fingerprint density at radius 2 is 2.25 bits per heavy atom. The third-order valence-electron chi connectivity index (χ3n) is 2.15. The highest BCUT2D eigenvalue weighted by atomic mass is 35.5. The fourth-order valence-corrected chi connectivity index (χ4v) is 1.40. The minimum Gasteiger partial charge on any atom is -0.453 e. The van der Waals surface area contributed by atoms with Gasteiger partial charge in [0.05, 0.1) is 7.11 Å². The maximum atomic E-state index is 10.9. The molecule has 86 valence electrons. The molecule has 0 spiro atoms. The van der Waals surface area contributed by atoms with E-state index in [-0.39, 0.29) is 0 Å². The number of carbonyl (C=O) groups is 1. The molecule has 0 radical (unpaired) electrons. The zero-order valence-corrected chi connectivity index (χ0v) is 10.1. The second kappa shape index (κ2) is 5.56. The molecule has 4 heteroatoms. The molecule has 0 aromatic heterocycles. The van der Waals surface area contributed by atoms with Crippen LogP contribution in [-0.4, -0.2) is 13.2 Å². The standard InChI is InChI=1S/C12H14ClNO2/c1-8(2)9-4-5-11(13)10(6-9)7-14-12(15)16-3/h4-6H,1,7H2,2-3H3,(H,14,15). The monoisotopic (exact) mass is 239 g/mol. The first-order valence-electron chi connectivity index (χ1n) is 4.80. The van der Waals surface area contributed by atoms with Crippen LogP contribution in [0.15, 0.2) is 24.8 Å². The maximum Gasteiger partial charge on any atom is 0.407 e. The van der Waals surface area contributed by atoms with Crippen molar-refractivity contribution in [2.45, 2.75) is 13.5 Å². The van der Waals surface area contributed by atoms with Gasteiger partial charge in [0.1, 0.15) is 0 Å². The van der Waals surface area contributed by atoms with Crippen LogP contribution in [0.3, 0.4) is 0 Å². The number of nitrogens with one attached hydrogen (secondary N) is 1. The molecule has 0 atom stereocenters. The van der Waals surface area contributed by atoms with E-state index < -0.39 is 6.09 Å². The van der Waals surface area contributed by atoms with Crippen molar-refractivity contribution >= 4 is 23.3 Å². The van der Waals surface area contributed by atoms with Gasteiger partial charge in [-0.3, -0.25) is 0 Å². The van der Waals surface area contributed by atoms with Crippen LogP contribution in [0.5, 0.6) is 0 Å². The van der Waals surface area contributed by atoms with E-state index in [1.165, 1.54) is 7.11 Å². The van der Waals surface area contributed by atoms with E-state index >= 15 is 0 Å². The highest BCUT2D eigenvalue weighted by molar-refractivity contribution is 6.31. The van der Waals surface area contributed by atoms with Crippen molar-refractivity contribution in [3.63, 3.8) is 0 Å². The molecule has 0 aliphatic rings. The molecular weight excluding hydrogens is 226 g/mol. The lowest BCUT2D eigenvalue weighted by molar-refractivity contribution is 0.170. The SMILES string of the molecule is C=C(C)c1ccc(Cl)c(CNC(=O)OC)c1. The van der Waals surface area contributed by atoms with Crippen LogP contribution in [0.4, 0.5) is 4.79 Å². The van der Waals surface area contributed by atoms with Crippen molar-refractivity contribution in [1.29, 1.82) is 0 Å². The van der Waals surface area contributed by atoms with E-state index in [9.17, 15) is 4.79 Å². The third kappa shape index (κ3) is 3.28. The number of benzene rings is 1. The van der Waals surface area contributed by atoms with E-state index in [1.54, 1.807) is 6.07 Å². The summed E-state index contributed by atoms with van der Waals surface area (Å²) in [6, 6.07) is 5.59. The summed E-state index contributed by atoms with van der Waals surface area (Å²) in [5.74, 6) is 0. The predicted octanol–water partition coefficient (Wildman–Crippen LogP) is 3.23. The molecule has 0 heterocycles. The lowest BCUT2D eigenvalue weighted by Crippen LogP contribution is -2.22. The summed E-state index contributed by atoms with van der Waals surface area (Å²) >= 11 is 6.01. The molecule has 0 fully saturated rings. The van der Waals surface area contributed by atoms with Crippen LogP contribution in [-0.2, 0) is 11.3 Å². The van der Waals surface area contributed by atoms with Crippen molar-refractivity contribution in [2.75, 3.05) is 7.11 Å². The smallest absolute Gasteiger partial charge is 0.407 e. The zero-order chi connectivity index (χ0) is 12.1. The fourth-order valence-electron chi connectivity index (χ4n) is 1.22. The molecule has 0 aliphatic heterocycles. The van der Waals surface area contributed by atoms with Gasteiger partial charge in [0, 0.05) is 11.6 Å². The van der Waals surface area contributed by atoms with Gasteiger partial charge >= 0.3 is 6.09 Å². The van der Waals surface area contributed by atoms with E-state index in [0.29, 0.717) is 11.6 Å². The third-order valence-corrected chi connectivity index (χ3v) is 2.52. The molecular formula is C12H14ClNO2. The second-order valence-corrected chi connectivity index (χ2v) is 3.84. The molecule has 1 rings (SSSR count). The maximum absolute atomic E-state index is 10.9. The Kier molecular flexibility index (Phi) is 4.38. The number of halogens is 1. The predicted molar refractivity (Wildman–Crippen MR) is 65.4 cm³/mol. The number of hydrogen-bond acceptors (Lipinski definition) is 2. The highest BCUT2D eigenvalue weighted by Gasteiger charge is 2.05. The number of carbonyl (C=O) groups excluding carboxylic acids is 1. The summed E-state index contributed by atoms with van der Waals surface area (Å²) in [6.45, 7) is 6.11. The first-order valence-corrected chi connectivity index (χ1v) is 5.18. The summed E-state index contributed by atoms with van der Waals surface area (Å²) in [6.07, 6.45) is -0.475. The molecule has 3 nitrogen and oxygen atoms in total. The summed E-state index contributed by atoms with van der Waals surface area (Å²) in [4.78, 5) is 10.9. The lowest BCUT2D eigenvalue weighted by atomic mass is 10.1. The average Bonchev–Trinajstić information content (AvgIpc) is 2.27. The number of hydrogen-bond donors (Lipinski definition) is 1. The molecule has 0 aliphatic carbocycles. The van der Waals surface area contributed by atoms with E-state index in [2.05, 4.69) is 16.6 Å². The Labute approximate surface area is 100 Å². The van der Waals surface area contributed by atoms with E-state index in [0.717, 1.165) is 16.7 Å². The first-order chi connectivity index (χ1) is 7.54. The Bertz CT molecular complexity index is 415. The van der Waals surface area contributed by atoms with Crippen LogP contribution in [0, 0.1) is 0 Å². The van der Waals surface area contributed by atoms with Gasteiger partial charge in [0.15, 0.2) is 0 Å². The Morgan fingerprint density at radius 3 is 2.81 bits per heavy atom. The molecule has 0 saturated heterocycles. The van der Waals surface area contributed by atoms with Crippen LogP contribution in [0.2, 0.25) is 5.02 Å². The first kappa shape index (κ1) is 12.6. The molecule has 0 unspecified atom stereocenters. The topological polar surface area (TPSA) is 38.3 Å². The van der Waals surface area contributed by atoms with Gasteiger partial charge in [-0.25, -0.2) is 4.79 Å². The Morgan fingerprint density at radius 1 is 1.56 bits per heavy atom. The summed E-state index contributed by atoms with van der Waals surface area (Å²) in [7, 11) is 1.32. The number of methoxy groups -OCH3 is 1. The molecule has 16 heavy (non-hydrogen) atoms. The largest absolute Gasteiger partial charge is 0.453 e. The Balaban J connectivity index is 2.82. The second-order valence-electron chi connectivity index (χ2n) is 3.43. The highest BCUT2D eigenvalue weighted by Crippen LogP contribution is 2.21. The van der Waals surface area contributed by atoms with Crippen molar-refractivity contribution in [2.24, 2.45) is 0 Å². The van der Waals surface area contributed by atoms with Crippen molar-refractivity contribution < 1.29 is 9.53 Å². The number of ether oxygens (including phenoxy) is 1. The minimum absolute atomic E-state index is 0.340. The van der Waals surface area contributed by atoms with Gasteiger partial charge in [-0.2, -0.15) is 0 Å². The summed E-state index contributed by atoms with van der Waals surface area (Å²) < 4.78 is 4.48. The number of amides is 1. The summed E-state index contributed by atoms with van der Waals surface area (Å²) in [5.41, 5.74) is 2.80. The molecule has 1 N–H and O–H groups in total. The molecule has 1 aromatic carbocycles. The van der Waals surface area contributed by atoms with Crippen molar-refractivity contribution in [1.82, 2.24) is 5.32 Å². The van der Waals surface area contributed by atoms with Crippen LogP contribution < -0.4 is 5.32 Å². The Hall–Kier alpha value is -1.48. The lowest BCUT2D eigenvalue weighted by Gasteiger charge is -2.08. The van der Waals surface area contributed by atoms with Gasteiger partial charge in [-0.15, -0.1) is 0 Å². The van der Waals surface area contributed by atoms with Crippen molar-refractivity contribution in [3.05, 3.63) is 40.9 Å². The normalized spacial score (nSPS) is 9.69. The van der Waals surface area contributed by atoms with E-state index in [4.69, 9.17) is 11.6 Å². The molecule has 1 amide bonds. The van der Waals surface area contributed by atoms with E-state index in [1.807, 2.05) is 19.1 Å². The van der Waals surface area contributed by atoms with Gasteiger partial charge in [0.2, 0.25) is 0 Å². The number of rotatable bonds is 3. The fraction of sp³-hybridized carbons (Fsp3) is 0.250. The van der Waals surface area contributed by atoms with Crippen molar-refractivity contribution in [3.8, 4) is 0 Å². The zero-order valence-electron chi connectivity index (χ0n) is 9.34. The minimum atomic E-state index is -0.475. The van der Waals surface area contributed by atoms with Gasteiger partial charge < -0.3 is 10.1 Å². The number of alkyl carbamates (subject to hydrolysis) is 1. The van der Waals surface area contributed by atoms with Crippen LogP contribution in [0.25, 0.3) is 5.57 Å². The van der Waals surface area contributed by atoms with Gasteiger partial charge in [-0.1, -0.05) is 29.8 Å². The van der Waals surface area contributed by atoms with Gasteiger partial charge in [0.25, 0.3) is 0 Å².